The van der Waals surface area contributed by atoms with Crippen molar-refractivity contribution >= 4 is 30.6 Å². The Kier molecular flexibility index (Phi) is 5.59. The molecule has 3 aliphatic rings. The molecular formula is C24H29N6O3P. The highest BCUT2D eigenvalue weighted by molar-refractivity contribution is 7.67. The molecule has 10 heteroatoms. The number of nitrogens with zero attached hydrogens (tertiary/aromatic N) is 6. The summed E-state index contributed by atoms with van der Waals surface area (Å²) in [4.78, 5) is 13.1. The van der Waals surface area contributed by atoms with E-state index in [-0.39, 0.29) is 16.0 Å². The molecule has 1 unspecified atom stereocenters. The molecule has 0 saturated carbocycles. The minimum Gasteiger partial charge on any atom is -0.379 e. The van der Waals surface area contributed by atoms with Gasteiger partial charge in [0.15, 0.2) is 7.36 Å². The van der Waals surface area contributed by atoms with Crippen LogP contribution in [0.15, 0.2) is 69.4 Å². The van der Waals surface area contributed by atoms with E-state index in [4.69, 9.17) is 14.6 Å². The largest absolute Gasteiger partial charge is 0.379 e. The topological polar surface area (TPSA) is 86.8 Å². The van der Waals surface area contributed by atoms with E-state index in [1.165, 1.54) is 29.1 Å². The van der Waals surface area contributed by atoms with Crippen LogP contribution in [0.5, 0.6) is 0 Å². The molecule has 34 heavy (non-hydrogen) atoms. The van der Waals surface area contributed by atoms with Gasteiger partial charge in [0.1, 0.15) is 0 Å². The van der Waals surface area contributed by atoms with Gasteiger partial charge in [-0.2, -0.15) is 5.10 Å². The number of benzene rings is 2. The van der Waals surface area contributed by atoms with Crippen molar-refractivity contribution in [3.63, 3.8) is 0 Å². The van der Waals surface area contributed by atoms with Crippen molar-refractivity contribution < 1.29 is 9.66 Å². The Morgan fingerprint density at radius 2 is 1.76 bits per heavy atom. The number of nitro groups is 1. The van der Waals surface area contributed by atoms with Gasteiger partial charge in [-0.1, -0.05) is 32.0 Å². The van der Waals surface area contributed by atoms with Gasteiger partial charge in [-0.05, 0) is 23.8 Å². The highest BCUT2D eigenvalue weighted by Crippen LogP contribution is 2.69. The molecule has 1 fully saturated rings. The maximum atomic E-state index is 11.2. The molecule has 2 aromatic rings. The van der Waals surface area contributed by atoms with Gasteiger partial charge >= 0.3 is 0 Å². The van der Waals surface area contributed by atoms with Crippen molar-refractivity contribution in [2.45, 2.75) is 19.3 Å². The average Bonchev–Trinajstić information content (AvgIpc) is 3.25. The summed E-state index contributed by atoms with van der Waals surface area (Å²) in [6.07, 6.45) is 1.97. The lowest BCUT2D eigenvalue weighted by atomic mass is 9.84. The number of anilines is 1. The molecule has 0 aromatic heterocycles. The first-order valence-electron chi connectivity index (χ1n) is 11.3. The summed E-state index contributed by atoms with van der Waals surface area (Å²) in [5.74, 6) is 0. The van der Waals surface area contributed by atoms with Crippen molar-refractivity contribution in [3.8, 4) is 0 Å². The molecule has 1 atom stereocenters. The summed E-state index contributed by atoms with van der Waals surface area (Å²) in [6, 6.07) is 15.0. The van der Waals surface area contributed by atoms with Gasteiger partial charge in [0.2, 0.25) is 0 Å². The van der Waals surface area contributed by atoms with E-state index in [1.54, 1.807) is 12.1 Å². The molecule has 0 amide bonds. The molecule has 1 saturated heterocycles. The molecular weight excluding hydrogens is 451 g/mol. The Morgan fingerprint density at radius 1 is 1.09 bits per heavy atom. The highest BCUT2D eigenvalue weighted by atomic mass is 31.2. The number of hydrogen-bond acceptors (Lipinski definition) is 6. The van der Waals surface area contributed by atoms with Crippen LogP contribution >= 0.6 is 7.36 Å². The maximum Gasteiger partial charge on any atom is 0.269 e. The van der Waals surface area contributed by atoms with E-state index >= 15 is 0 Å². The minimum absolute atomic E-state index is 0.0550. The molecule has 3 heterocycles. The van der Waals surface area contributed by atoms with Gasteiger partial charge in [-0.3, -0.25) is 10.1 Å². The van der Waals surface area contributed by atoms with Crippen molar-refractivity contribution in [1.82, 2.24) is 9.45 Å². The standard InChI is InChI=1S/C24H29N6O3P/c1-24(2)20-7-5-6-8-21(20)27(3)23(24)22-17-25-28(4)34(22,29-13-15-33-16-14-29)26-18-9-11-19(12-10-18)30(31)32/h5-12,17H,13-16H2,1-4H3/b23-22+. The average molecular weight is 481 g/mol. The SMILES string of the molecule is CN1/C(=C2\C=NN(C)P2(=Nc2ccc([N+](=O)[O-])cc2)N2CCOCC2)C(C)(C)c2ccccc21. The lowest BCUT2D eigenvalue weighted by Gasteiger charge is -2.41. The number of allylic oxidation sites excluding steroid dienone is 2. The van der Waals surface area contributed by atoms with E-state index in [9.17, 15) is 10.1 Å². The second-order valence-electron chi connectivity index (χ2n) is 9.18. The number of rotatable bonds is 3. The third-order valence-electron chi connectivity index (χ3n) is 6.88. The van der Waals surface area contributed by atoms with Crippen LogP contribution in [0.1, 0.15) is 19.4 Å². The van der Waals surface area contributed by atoms with Crippen molar-refractivity contribution in [1.29, 1.82) is 0 Å². The van der Waals surface area contributed by atoms with Crippen LogP contribution in [0.3, 0.4) is 0 Å². The van der Waals surface area contributed by atoms with Crippen LogP contribution < -0.4 is 4.90 Å². The quantitative estimate of drug-likeness (QED) is 0.343. The predicted octanol–water partition coefficient (Wildman–Crippen LogP) is 5.16. The fourth-order valence-corrected chi connectivity index (χ4v) is 8.89. The van der Waals surface area contributed by atoms with Crippen LogP contribution in [0.2, 0.25) is 0 Å². The number of fused-ring (bicyclic) bond motifs is 1. The molecule has 0 radical (unpaired) electrons. The Labute approximate surface area is 199 Å². The number of non-ortho nitro benzene ring substituents is 1. The fourth-order valence-electron chi connectivity index (χ4n) is 5.25. The van der Waals surface area contributed by atoms with Gasteiger partial charge in [-0.25, -0.2) is 14.2 Å². The van der Waals surface area contributed by atoms with Gasteiger partial charge in [0.25, 0.3) is 5.69 Å². The number of nitro benzene ring substituents is 1. The van der Waals surface area contributed by atoms with Gasteiger partial charge in [-0.15, -0.1) is 0 Å². The number of morpholine rings is 1. The van der Waals surface area contributed by atoms with E-state index in [1.807, 2.05) is 18.0 Å². The molecule has 9 nitrogen and oxygen atoms in total. The first-order chi connectivity index (χ1) is 16.3. The summed E-state index contributed by atoms with van der Waals surface area (Å²) in [5, 5.41) is 17.1. The fraction of sp³-hybridized carbons (Fsp3) is 0.375. The molecule has 5 rings (SSSR count). The molecule has 0 aliphatic carbocycles. The van der Waals surface area contributed by atoms with E-state index < -0.39 is 7.36 Å². The van der Waals surface area contributed by atoms with Crippen molar-refractivity contribution in [2.75, 3.05) is 45.3 Å². The zero-order valence-electron chi connectivity index (χ0n) is 19.9. The molecule has 178 valence electrons. The van der Waals surface area contributed by atoms with Crippen molar-refractivity contribution in [2.24, 2.45) is 9.85 Å². The number of ether oxygens (including phenoxy) is 1. The minimum atomic E-state index is -2.52. The van der Waals surface area contributed by atoms with Gasteiger partial charge in [0, 0.05) is 56.1 Å². The third kappa shape index (κ3) is 3.38. The molecule has 2 aromatic carbocycles. The molecule has 0 N–H and O–H groups in total. The van der Waals surface area contributed by atoms with Crippen LogP contribution in [0, 0.1) is 10.1 Å². The Balaban J connectivity index is 1.76. The Morgan fingerprint density at radius 3 is 2.41 bits per heavy atom. The molecule has 0 bridgehead atoms. The summed E-state index contributed by atoms with van der Waals surface area (Å²) < 4.78 is 15.4. The monoisotopic (exact) mass is 480 g/mol. The van der Waals surface area contributed by atoms with Gasteiger partial charge < -0.3 is 9.64 Å². The highest BCUT2D eigenvalue weighted by Gasteiger charge is 2.48. The van der Waals surface area contributed by atoms with Gasteiger partial charge in [0.05, 0.1) is 35.4 Å². The summed E-state index contributed by atoms with van der Waals surface area (Å²) in [6.45, 7) is 7.26. The second kappa shape index (κ2) is 8.34. The summed E-state index contributed by atoms with van der Waals surface area (Å²) >= 11 is 0. The van der Waals surface area contributed by atoms with Crippen LogP contribution in [0.25, 0.3) is 0 Å². The zero-order chi connectivity index (χ0) is 24.1. The Hall–Kier alpha value is -3.00. The summed E-state index contributed by atoms with van der Waals surface area (Å²) in [5.41, 5.74) is 4.18. The van der Waals surface area contributed by atoms with E-state index in [0.29, 0.717) is 18.9 Å². The number of para-hydroxylation sites is 1. The zero-order valence-corrected chi connectivity index (χ0v) is 20.8. The normalized spacial score (nSPS) is 26.1. The maximum absolute atomic E-state index is 11.2. The number of likely N-dealkylation sites (N-methyl/N-ethyl adjacent to an activating group) is 1. The van der Waals surface area contributed by atoms with E-state index in [0.717, 1.165) is 18.4 Å². The number of hydrazone groups is 1. The van der Waals surface area contributed by atoms with Crippen molar-refractivity contribution in [3.05, 3.63) is 75.2 Å². The first kappa shape index (κ1) is 22.8. The second-order valence-corrected chi connectivity index (χ2v) is 12.1. The smallest absolute Gasteiger partial charge is 0.269 e. The van der Waals surface area contributed by atoms with E-state index in [2.05, 4.69) is 54.7 Å². The molecule has 3 aliphatic heterocycles. The number of hydrogen-bond donors (Lipinski definition) is 0. The Bertz CT molecular complexity index is 1250. The lowest BCUT2D eigenvalue weighted by Crippen LogP contribution is -2.37. The molecule has 0 spiro atoms. The predicted molar refractivity (Wildman–Crippen MR) is 136 cm³/mol. The first-order valence-corrected chi connectivity index (χ1v) is 13.0. The summed E-state index contributed by atoms with van der Waals surface area (Å²) in [7, 11) is 1.57. The van der Waals surface area contributed by atoms with Crippen LogP contribution in [-0.2, 0) is 10.2 Å². The lowest BCUT2D eigenvalue weighted by molar-refractivity contribution is -0.384. The van der Waals surface area contributed by atoms with Crippen LogP contribution in [0.4, 0.5) is 17.1 Å². The van der Waals surface area contributed by atoms with Crippen LogP contribution in [-0.4, -0.2) is 61.0 Å². The third-order valence-corrected chi connectivity index (χ3v) is 10.5.